The van der Waals surface area contributed by atoms with E-state index in [9.17, 15) is 0 Å². The molecule has 16 heavy (non-hydrogen) atoms. The highest BCUT2D eigenvalue weighted by Crippen LogP contribution is 2.40. The van der Waals surface area contributed by atoms with E-state index in [2.05, 4.69) is 0 Å². The van der Waals surface area contributed by atoms with E-state index in [1.54, 1.807) is 14.2 Å². The van der Waals surface area contributed by atoms with Crippen LogP contribution in [0.15, 0.2) is 12.1 Å². The Kier molecular flexibility index (Phi) is 4.26. The summed E-state index contributed by atoms with van der Waals surface area (Å²) in [5, 5.41) is 0. The minimum atomic E-state index is -0.0189. The molecule has 0 fully saturated rings. The first kappa shape index (κ1) is 12.9. The van der Waals surface area contributed by atoms with Crippen molar-refractivity contribution < 1.29 is 14.2 Å². The number of halogens is 1. The average Bonchev–Trinajstić information content (AvgIpc) is 2.27. The summed E-state index contributed by atoms with van der Waals surface area (Å²) >= 11 is 0. The van der Waals surface area contributed by atoms with Crippen molar-refractivity contribution in [3.8, 4) is 17.2 Å². The number of hydrogen-bond acceptors (Lipinski definition) is 4. The highest BCUT2D eigenvalue weighted by Gasteiger charge is 2.23. The monoisotopic (exact) mass is 245 g/mol. The van der Waals surface area contributed by atoms with Crippen LogP contribution >= 0.6 is 12.4 Å². The molecule has 1 atom stereocenters. The fraction of sp³-hybridized carbons (Fsp3) is 0.455. The Morgan fingerprint density at radius 3 is 2.69 bits per heavy atom. The number of hydrogen-bond donors (Lipinski definition) is 1. The number of nitrogens with two attached hydrogens (primary N) is 1. The molecule has 0 aliphatic carbocycles. The average molecular weight is 246 g/mol. The van der Waals surface area contributed by atoms with Gasteiger partial charge in [0.25, 0.3) is 0 Å². The van der Waals surface area contributed by atoms with E-state index in [0.717, 1.165) is 29.2 Å². The lowest BCUT2D eigenvalue weighted by atomic mass is 10.00. The number of benzene rings is 1. The molecule has 4 nitrogen and oxygen atoms in total. The van der Waals surface area contributed by atoms with E-state index in [1.807, 2.05) is 12.1 Å². The molecular weight excluding hydrogens is 230 g/mol. The largest absolute Gasteiger partial charge is 0.496 e. The highest BCUT2D eigenvalue weighted by molar-refractivity contribution is 5.85. The minimum absolute atomic E-state index is 0. The molecular formula is C11H16ClNO3. The molecule has 0 unspecified atom stereocenters. The Balaban J connectivity index is 0.00000128. The zero-order valence-electron chi connectivity index (χ0n) is 9.36. The van der Waals surface area contributed by atoms with Crippen molar-refractivity contribution in [2.75, 3.05) is 20.8 Å². The highest BCUT2D eigenvalue weighted by atomic mass is 35.5. The molecule has 5 heteroatoms. The van der Waals surface area contributed by atoms with E-state index in [0.29, 0.717) is 6.61 Å². The van der Waals surface area contributed by atoms with Crippen LogP contribution in [0.4, 0.5) is 0 Å². The van der Waals surface area contributed by atoms with E-state index in [1.165, 1.54) is 0 Å². The molecule has 0 saturated carbocycles. The summed E-state index contributed by atoms with van der Waals surface area (Å²) in [6.45, 7) is 0.643. The molecule has 2 N–H and O–H groups in total. The standard InChI is InChI=1S/C11H15NO3.ClH/c1-13-7-5-9(14-2)11-8(12)3-4-15-10(11)6-7;/h5-6,8H,3-4,12H2,1-2H3;1H/t8-;/m0./s1. The molecule has 0 bridgehead atoms. The lowest BCUT2D eigenvalue weighted by molar-refractivity contribution is 0.260. The quantitative estimate of drug-likeness (QED) is 0.865. The normalized spacial score (nSPS) is 17.8. The van der Waals surface area contributed by atoms with Gasteiger partial charge in [-0.15, -0.1) is 12.4 Å². The SMILES string of the molecule is COc1cc(OC)c2c(c1)OCC[C@@H]2N.Cl. The Bertz CT molecular complexity index is 353. The van der Waals surface area contributed by atoms with Crippen molar-refractivity contribution in [3.63, 3.8) is 0 Å². The summed E-state index contributed by atoms with van der Waals surface area (Å²) in [6.07, 6.45) is 0.815. The molecule has 1 aliphatic heterocycles. The third-order valence-corrected chi connectivity index (χ3v) is 2.59. The summed E-state index contributed by atoms with van der Waals surface area (Å²) in [6, 6.07) is 3.65. The minimum Gasteiger partial charge on any atom is -0.496 e. The van der Waals surface area contributed by atoms with Crippen LogP contribution in [0.5, 0.6) is 17.2 Å². The van der Waals surface area contributed by atoms with Gasteiger partial charge in [0, 0.05) is 24.6 Å². The van der Waals surface area contributed by atoms with Gasteiger partial charge in [-0.1, -0.05) is 0 Å². The second-order valence-corrected chi connectivity index (χ2v) is 3.49. The van der Waals surface area contributed by atoms with Crippen LogP contribution < -0.4 is 19.9 Å². The summed E-state index contributed by atoms with van der Waals surface area (Å²) in [5.74, 6) is 2.22. The fourth-order valence-corrected chi connectivity index (χ4v) is 1.79. The van der Waals surface area contributed by atoms with Crippen LogP contribution in [-0.2, 0) is 0 Å². The van der Waals surface area contributed by atoms with Crippen molar-refractivity contribution in [1.29, 1.82) is 0 Å². The smallest absolute Gasteiger partial charge is 0.131 e. The molecule has 2 rings (SSSR count). The number of ether oxygens (including phenoxy) is 3. The molecule has 1 aromatic rings. The van der Waals surface area contributed by atoms with Crippen molar-refractivity contribution in [2.24, 2.45) is 5.73 Å². The van der Waals surface area contributed by atoms with Gasteiger partial charge in [-0.25, -0.2) is 0 Å². The van der Waals surface area contributed by atoms with Crippen LogP contribution in [0.25, 0.3) is 0 Å². The first-order valence-electron chi connectivity index (χ1n) is 4.90. The Morgan fingerprint density at radius 1 is 1.31 bits per heavy atom. The maximum atomic E-state index is 6.01. The summed E-state index contributed by atoms with van der Waals surface area (Å²) < 4.78 is 16.0. The third kappa shape index (κ3) is 2.18. The number of methoxy groups -OCH3 is 2. The van der Waals surface area contributed by atoms with E-state index in [-0.39, 0.29) is 18.4 Å². The van der Waals surface area contributed by atoms with Gasteiger partial charge in [0.2, 0.25) is 0 Å². The Hall–Kier alpha value is -1.13. The topological polar surface area (TPSA) is 53.7 Å². The molecule has 1 aromatic carbocycles. The molecule has 0 spiro atoms. The predicted molar refractivity (Wildman–Crippen MR) is 63.8 cm³/mol. The molecule has 0 radical (unpaired) electrons. The molecule has 0 amide bonds. The van der Waals surface area contributed by atoms with Crippen LogP contribution in [0.2, 0.25) is 0 Å². The summed E-state index contributed by atoms with van der Waals surface area (Å²) in [4.78, 5) is 0. The molecule has 1 aliphatic rings. The first-order chi connectivity index (χ1) is 7.26. The van der Waals surface area contributed by atoms with Crippen molar-refractivity contribution in [2.45, 2.75) is 12.5 Å². The maximum absolute atomic E-state index is 6.01. The van der Waals surface area contributed by atoms with Crippen molar-refractivity contribution >= 4 is 12.4 Å². The van der Waals surface area contributed by atoms with Crippen LogP contribution in [0.3, 0.4) is 0 Å². The molecule has 1 heterocycles. The Labute approximate surface area is 101 Å². The lowest BCUT2D eigenvalue weighted by Gasteiger charge is -2.25. The zero-order valence-corrected chi connectivity index (χ0v) is 10.2. The second kappa shape index (κ2) is 5.27. The third-order valence-electron chi connectivity index (χ3n) is 2.59. The van der Waals surface area contributed by atoms with E-state index in [4.69, 9.17) is 19.9 Å². The van der Waals surface area contributed by atoms with Gasteiger partial charge in [0.15, 0.2) is 0 Å². The van der Waals surface area contributed by atoms with Gasteiger partial charge in [0.1, 0.15) is 17.2 Å². The molecule has 0 aromatic heterocycles. The predicted octanol–water partition coefficient (Wildman–Crippen LogP) is 1.91. The van der Waals surface area contributed by atoms with Gasteiger partial charge in [0.05, 0.1) is 26.4 Å². The maximum Gasteiger partial charge on any atom is 0.131 e. The van der Waals surface area contributed by atoms with Crippen molar-refractivity contribution in [1.82, 2.24) is 0 Å². The lowest BCUT2D eigenvalue weighted by Crippen LogP contribution is -2.21. The Morgan fingerprint density at radius 2 is 2.06 bits per heavy atom. The van der Waals surface area contributed by atoms with Gasteiger partial charge in [-0.3, -0.25) is 0 Å². The van der Waals surface area contributed by atoms with Crippen LogP contribution in [0.1, 0.15) is 18.0 Å². The molecule has 0 saturated heterocycles. The van der Waals surface area contributed by atoms with E-state index < -0.39 is 0 Å². The second-order valence-electron chi connectivity index (χ2n) is 3.49. The van der Waals surface area contributed by atoms with Gasteiger partial charge in [-0.05, 0) is 0 Å². The van der Waals surface area contributed by atoms with Gasteiger partial charge < -0.3 is 19.9 Å². The van der Waals surface area contributed by atoms with Crippen LogP contribution in [-0.4, -0.2) is 20.8 Å². The van der Waals surface area contributed by atoms with Gasteiger partial charge in [-0.2, -0.15) is 0 Å². The summed E-state index contributed by atoms with van der Waals surface area (Å²) in [7, 11) is 3.24. The number of rotatable bonds is 2. The van der Waals surface area contributed by atoms with Gasteiger partial charge >= 0.3 is 0 Å². The number of fused-ring (bicyclic) bond motifs is 1. The zero-order chi connectivity index (χ0) is 10.8. The fourth-order valence-electron chi connectivity index (χ4n) is 1.79. The van der Waals surface area contributed by atoms with Crippen molar-refractivity contribution in [3.05, 3.63) is 17.7 Å². The van der Waals surface area contributed by atoms with E-state index >= 15 is 0 Å². The summed E-state index contributed by atoms with van der Waals surface area (Å²) in [5.41, 5.74) is 6.95. The van der Waals surface area contributed by atoms with Crippen LogP contribution in [0, 0.1) is 0 Å². The first-order valence-corrected chi connectivity index (χ1v) is 4.90. The molecule has 90 valence electrons.